The van der Waals surface area contributed by atoms with E-state index >= 15 is 0 Å². The highest BCUT2D eigenvalue weighted by Gasteiger charge is 2.18. The largest absolute Gasteiger partial charge is 0.383 e. The van der Waals surface area contributed by atoms with Gasteiger partial charge in [0.15, 0.2) is 0 Å². The Hall–Kier alpha value is -1.75. The third-order valence-corrected chi connectivity index (χ3v) is 2.72. The number of nitrogens with zero attached hydrogens (tertiary/aromatic N) is 2. The van der Waals surface area contributed by atoms with Crippen LogP contribution in [-0.4, -0.2) is 14.9 Å². The first-order valence-corrected chi connectivity index (χ1v) is 5.66. The summed E-state index contributed by atoms with van der Waals surface area (Å²) in [7, 11) is 0. The van der Waals surface area contributed by atoms with Crippen LogP contribution in [0.3, 0.4) is 0 Å². The Morgan fingerprint density at radius 1 is 1.28 bits per heavy atom. The molecule has 1 N–H and O–H groups in total. The SMILES string of the molecule is CC(C)n1cc(C(O)c2cc(F)ccc2F)cn1. The molecule has 0 amide bonds. The van der Waals surface area contributed by atoms with Gasteiger partial charge in [0.2, 0.25) is 0 Å². The van der Waals surface area contributed by atoms with Crippen LogP contribution in [0.25, 0.3) is 0 Å². The van der Waals surface area contributed by atoms with E-state index < -0.39 is 17.7 Å². The lowest BCUT2D eigenvalue weighted by Crippen LogP contribution is -2.03. The molecular weight excluding hydrogens is 238 g/mol. The third kappa shape index (κ3) is 2.41. The van der Waals surface area contributed by atoms with Crippen LogP contribution in [0.4, 0.5) is 8.78 Å². The first-order chi connectivity index (χ1) is 8.49. The number of halogens is 2. The minimum atomic E-state index is -1.21. The number of aliphatic hydroxyl groups is 1. The van der Waals surface area contributed by atoms with Crippen molar-refractivity contribution >= 4 is 0 Å². The lowest BCUT2D eigenvalue weighted by molar-refractivity contribution is 0.214. The molecule has 1 heterocycles. The highest BCUT2D eigenvalue weighted by Crippen LogP contribution is 2.25. The van der Waals surface area contributed by atoms with Crippen LogP contribution in [0.2, 0.25) is 0 Å². The second-order valence-corrected chi connectivity index (χ2v) is 4.42. The Bertz CT molecular complexity index is 552. The molecule has 1 unspecified atom stereocenters. The van der Waals surface area contributed by atoms with E-state index in [1.165, 1.54) is 6.20 Å². The van der Waals surface area contributed by atoms with Gasteiger partial charge in [0, 0.05) is 23.4 Å². The fourth-order valence-electron chi connectivity index (χ4n) is 1.68. The van der Waals surface area contributed by atoms with Gasteiger partial charge in [0.25, 0.3) is 0 Å². The van der Waals surface area contributed by atoms with Crippen LogP contribution in [-0.2, 0) is 0 Å². The number of aliphatic hydroxyl groups excluding tert-OH is 1. The minimum absolute atomic E-state index is 0.0849. The standard InChI is InChI=1S/C13H14F2N2O/c1-8(2)17-7-9(6-16-17)13(18)11-5-10(14)3-4-12(11)15/h3-8,13,18H,1-2H3. The first kappa shape index (κ1) is 12.7. The maximum atomic E-state index is 13.5. The van der Waals surface area contributed by atoms with Gasteiger partial charge < -0.3 is 5.11 Å². The highest BCUT2D eigenvalue weighted by atomic mass is 19.1. The quantitative estimate of drug-likeness (QED) is 0.912. The Morgan fingerprint density at radius 2 is 2.00 bits per heavy atom. The zero-order valence-electron chi connectivity index (χ0n) is 10.1. The second kappa shape index (κ2) is 4.86. The van der Waals surface area contributed by atoms with Gasteiger partial charge >= 0.3 is 0 Å². The lowest BCUT2D eigenvalue weighted by atomic mass is 10.0. The van der Waals surface area contributed by atoms with Crippen molar-refractivity contribution in [2.75, 3.05) is 0 Å². The fourth-order valence-corrected chi connectivity index (χ4v) is 1.68. The number of hydrogen-bond donors (Lipinski definition) is 1. The smallest absolute Gasteiger partial charge is 0.129 e. The molecule has 5 heteroatoms. The van der Waals surface area contributed by atoms with Crippen molar-refractivity contribution in [3.8, 4) is 0 Å². The van der Waals surface area contributed by atoms with Crippen LogP contribution < -0.4 is 0 Å². The van der Waals surface area contributed by atoms with Crippen LogP contribution >= 0.6 is 0 Å². The molecule has 18 heavy (non-hydrogen) atoms. The normalized spacial score (nSPS) is 13.0. The van der Waals surface area contributed by atoms with Crippen molar-refractivity contribution in [3.05, 3.63) is 53.4 Å². The molecule has 2 aromatic rings. The number of rotatable bonds is 3. The molecule has 0 aliphatic carbocycles. The van der Waals surface area contributed by atoms with Gasteiger partial charge in [0.1, 0.15) is 17.7 Å². The molecule has 0 aliphatic rings. The average Bonchev–Trinajstić information content (AvgIpc) is 2.81. The van der Waals surface area contributed by atoms with Gasteiger partial charge in [0.05, 0.1) is 6.20 Å². The molecular formula is C13H14F2N2O. The molecule has 96 valence electrons. The number of aromatic nitrogens is 2. The fraction of sp³-hybridized carbons (Fsp3) is 0.308. The van der Waals surface area contributed by atoms with Crippen molar-refractivity contribution in [2.45, 2.75) is 26.0 Å². The Balaban J connectivity index is 2.34. The predicted molar refractivity (Wildman–Crippen MR) is 63.0 cm³/mol. The molecule has 0 fully saturated rings. The molecule has 1 atom stereocenters. The monoisotopic (exact) mass is 252 g/mol. The van der Waals surface area contributed by atoms with Gasteiger partial charge in [-0.05, 0) is 32.0 Å². The average molecular weight is 252 g/mol. The van der Waals surface area contributed by atoms with E-state index in [-0.39, 0.29) is 11.6 Å². The number of hydrogen-bond acceptors (Lipinski definition) is 2. The summed E-state index contributed by atoms with van der Waals surface area (Å²) >= 11 is 0. The zero-order chi connectivity index (χ0) is 13.3. The summed E-state index contributed by atoms with van der Waals surface area (Å²) in [5, 5.41) is 14.1. The molecule has 2 rings (SSSR count). The van der Waals surface area contributed by atoms with Crippen molar-refractivity contribution in [2.24, 2.45) is 0 Å². The molecule has 0 saturated heterocycles. The molecule has 1 aromatic carbocycles. The summed E-state index contributed by atoms with van der Waals surface area (Å²) in [4.78, 5) is 0. The summed E-state index contributed by atoms with van der Waals surface area (Å²) in [6.07, 6.45) is 1.86. The highest BCUT2D eigenvalue weighted by molar-refractivity contribution is 5.28. The number of benzene rings is 1. The van der Waals surface area contributed by atoms with E-state index in [1.54, 1.807) is 10.9 Å². The predicted octanol–water partition coefficient (Wildman–Crippen LogP) is 2.82. The zero-order valence-corrected chi connectivity index (χ0v) is 10.1. The molecule has 0 spiro atoms. The van der Waals surface area contributed by atoms with E-state index in [0.717, 1.165) is 18.2 Å². The second-order valence-electron chi connectivity index (χ2n) is 4.42. The molecule has 0 radical (unpaired) electrons. The summed E-state index contributed by atoms with van der Waals surface area (Å²) in [6, 6.07) is 3.15. The van der Waals surface area contributed by atoms with Crippen LogP contribution in [0.15, 0.2) is 30.6 Å². The van der Waals surface area contributed by atoms with Crippen molar-refractivity contribution in [1.29, 1.82) is 0 Å². The van der Waals surface area contributed by atoms with E-state index in [9.17, 15) is 13.9 Å². The van der Waals surface area contributed by atoms with Crippen LogP contribution in [0.5, 0.6) is 0 Å². The summed E-state index contributed by atoms with van der Waals surface area (Å²) in [5.41, 5.74) is 0.353. The van der Waals surface area contributed by atoms with Gasteiger partial charge in [-0.15, -0.1) is 0 Å². The van der Waals surface area contributed by atoms with Gasteiger partial charge in [-0.25, -0.2) is 8.78 Å². The van der Waals surface area contributed by atoms with Gasteiger partial charge in [-0.2, -0.15) is 5.10 Å². The Morgan fingerprint density at radius 3 is 2.61 bits per heavy atom. The van der Waals surface area contributed by atoms with Crippen LogP contribution in [0, 0.1) is 11.6 Å². The summed E-state index contributed by atoms with van der Waals surface area (Å²) in [5.74, 6) is -1.22. The third-order valence-electron chi connectivity index (χ3n) is 2.72. The summed E-state index contributed by atoms with van der Waals surface area (Å²) in [6.45, 7) is 3.87. The maximum absolute atomic E-state index is 13.5. The van der Waals surface area contributed by atoms with Crippen LogP contribution in [0.1, 0.15) is 37.1 Å². The van der Waals surface area contributed by atoms with E-state index in [4.69, 9.17) is 0 Å². The van der Waals surface area contributed by atoms with E-state index in [2.05, 4.69) is 5.10 Å². The summed E-state index contributed by atoms with van der Waals surface area (Å²) < 4.78 is 28.2. The Kier molecular flexibility index (Phi) is 3.43. The molecule has 0 saturated carbocycles. The van der Waals surface area contributed by atoms with Gasteiger partial charge in [-0.1, -0.05) is 0 Å². The lowest BCUT2D eigenvalue weighted by Gasteiger charge is -2.10. The molecule has 0 aliphatic heterocycles. The molecule has 0 bridgehead atoms. The Labute approximate surface area is 104 Å². The minimum Gasteiger partial charge on any atom is -0.383 e. The van der Waals surface area contributed by atoms with Crippen molar-refractivity contribution in [1.82, 2.24) is 9.78 Å². The van der Waals surface area contributed by atoms with E-state index in [1.807, 2.05) is 13.8 Å². The molecule has 1 aromatic heterocycles. The van der Waals surface area contributed by atoms with E-state index in [0.29, 0.717) is 5.56 Å². The van der Waals surface area contributed by atoms with Gasteiger partial charge in [-0.3, -0.25) is 4.68 Å². The topological polar surface area (TPSA) is 38.0 Å². The van der Waals surface area contributed by atoms with Crippen molar-refractivity contribution in [3.63, 3.8) is 0 Å². The maximum Gasteiger partial charge on any atom is 0.129 e. The van der Waals surface area contributed by atoms with Crippen molar-refractivity contribution < 1.29 is 13.9 Å². The first-order valence-electron chi connectivity index (χ1n) is 5.66. The molecule has 3 nitrogen and oxygen atoms in total.